The maximum atomic E-state index is 6.45. The van der Waals surface area contributed by atoms with Crippen molar-refractivity contribution in [2.24, 2.45) is 0 Å². The highest BCUT2D eigenvalue weighted by atomic mass is 16.3. The Hall–Kier alpha value is -5.86. The SMILES string of the molecule is c1ccc(N(c2ccc(-c3cccc4ccccc34)cc2)c2ccc3c(ccc4ccc5c6ccccc6oc5c43)c2)cc1. The van der Waals surface area contributed by atoms with E-state index in [4.69, 9.17) is 4.42 Å². The van der Waals surface area contributed by atoms with Gasteiger partial charge in [-0.1, -0.05) is 115 Å². The maximum absolute atomic E-state index is 6.45. The highest BCUT2D eigenvalue weighted by molar-refractivity contribution is 6.23. The fourth-order valence-electron chi connectivity index (χ4n) is 6.75. The number of anilines is 3. The number of rotatable bonds is 4. The van der Waals surface area contributed by atoms with Crippen molar-refractivity contribution in [3.63, 3.8) is 0 Å². The second-order valence-electron chi connectivity index (χ2n) is 11.4. The fraction of sp³-hybridized carbons (Fsp3) is 0. The molecule has 0 spiro atoms. The van der Waals surface area contributed by atoms with Crippen LogP contribution in [-0.4, -0.2) is 0 Å². The van der Waals surface area contributed by atoms with Gasteiger partial charge in [-0.2, -0.15) is 0 Å². The summed E-state index contributed by atoms with van der Waals surface area (Å²) in [5.74, 6) is 0. The third kappa shape index (κ3) is 3.89. The van der Waals surface area contributed by atoms with Crippen molar-refractivity contribution in [3.05, 3.63) is 164 Å². The molecule has 9 aromatic rings. The van der Waals surface area contributed by atoms with Gasteiger partial charge in [0, 0.05) is 33.2 Å². The van der Waals surface area contributed by atoms with Crippen LogP contribution in [0.25, 0.3) is 65.4 Å². The summed E-state index contributed by atoms with van der Waals surface area (Å²) in [6.07, 6.45) is 0. The van der Waals surface area contributed by atoms with Crippen molar-refractivity contribution >= 4 is 71.3 Å². The van der Waals surface area contributed by atoms with Crippen LogP contribution in [0.1, 0.15) is 0 Å². The van der Waals surface area contributed by atoms with Crippen LogP contribution in [0.15, 0.2) is 168 Å². The summed E-state index contributed by atoms with van der Waals surface area (Å²) >= 11 is 0. The molecule has 0 atom stereocenters. The Morgan fingerprint density at radius 3 is 1.93 bits per heavy atom. The van der Waals surface area contributed by atoms with E-state index in [-0.39, 0.29) is 0 Å². The summed E-state index contributed by atoms with van der Waals surface area (Å²) in [5, 5.41) is 9.54. The monoisotopic (exact) mass is 561 g/mol. The van der Waals surface area contributed by atoms with Gasteiger partial charge >= 0.3 is 0 Å². The molecule has 1 heterocycles. The molecular weight excluding hydrogens is 534 g/mol. The van der Waals surface area contributed by atoms with Crippen molar-refractivity contribution in [2.45, 2.75) is 0 Å². The fourth-order valence-corrected chi connectivity index (χ4v) is 6.75. The van der Waals surface area contributed by atoms with E-state index in [1.54, 1.807) is 0 Å². The molecule has 9 rings (SSSR count). The molecule has 1 aromatic heterocycles. The molecule has 0 unspecified atom stereocenters. The Balaban J connectivity index is 1.20. The molecule has 0 aliphatic carbocycles. The Morgan fingerprint density at radius 1 is 0.386 bits per heavy atom. The zero-order valence-corrected chi connectivity index (χ0v) is 23.9. The molecule has 0 N–H and O–H groups in total. The van der Waals surface area contributed by atoms with Gasteiger partial charge in [0.25, 0.3) is 0 Å². The Morgan fingerprint density at radius 2 is 1.05 bits per heavy atom. The van der Waals surface area contributed by atoms with Crippen LogP contribution in [0.3, 0.4) is 0 Å². The number of hydrogen-bond donors (Lipinski definition) is 0. The van der Waals surface area contributed by atoms with E-state index < -0.39 is 0 Å². The minimum atomic E-state index is 0.922. The highest BCUT2D eigenvalue weighted by Gasteiger charge is 2.16. The molecule has 8 aromatic carbocycles. The van der Waals surface area contributed by atoms with E-state index in [9.17, 15) is 0 Å². The summed E-state index contributed by atoms with van der Waals surface area (Å²) in [7, 11) is 0. The van der Waals surface area contributed by atoms with Gasteiger partial charge < -0.3 is 9.32 Å². The van der Waals surface area contributed by atoms with Crippen LogP contribution >= 0.6 is 0 Å². The van der Waals surface area contributed by atoms with Crippen LogP contribution in [0.4, 0.5) is 17.1 Å². The standard InChI is InChI=1S/C42H27NO/c1-2-11-32(12-3-1)43(33-22-19-29(20-23-33)36-15-8-10-28-9-4-5-13-35(28)36)34-24-26-37-31(27-34)18-17-30-21-25-39-38-14-6-7-16-40(38)44-42(39)41(30)37/h1-27H. The van der Waals surface area contributed by atoms with Gasteiger partial charge in [-0.25, -0.2) is 0 Å². The first-order valence-corrected chi connectivity index (χ1v) is 15.0. The first-order chi connectivity index (χ1) is 21.8. The first-order valence-electron chi connectivity index (χ1n) is 15.0. The average Bonchev–Trinajstić information content (AvgIpc) is 3.48. The van der Waals surface area contributed by atoms with Gasteiger partial charge in [0.15, 0.2) is 0 Å². The molecule has 0 aliphatic heterocycles. The van der Waals surface area contributed by atoms with Crippen LogP contribution in [0, 0.1) is 0 Å². The molecule has 0 radical (unpaired) electrons. The molecule has 0 bridgehead atoms. The predicted molar refractivity (Wildman–Crippen MR) is 186 cm³/mol. The van der Waals surface area contributed by atoms with E-state index in [0.29, 0.717) is 0 Å². The number of nitrogens with zero attached hydrogens (tertiary/aromatic N) is 1. The lowest BCUT2D eigenvalue weighted by molar-refractivity contribution is 0.673. The smallest absolute Gasteiger partial charge is 0.143 e. The molecular formula is C42H27NO. The number of hydrogen-bond acceptors (Lipinski definition) is 2. The minimum Gasteiger partial charge on any atom is -0.455 e. The normalized spacial score (nSPS) is 11.6. The zero-order chi connectivity index (χ0) is 29.0. The lowest BCUT2D eigenvalue weighted by Gasteiger charge is -2.26. The quantitative estimate of drug-likeness (QED) is 0.199. The van der Waals surface area contributed by atoms with Gasteiger partial charge in [0.1, 0.15) is 11.2 Å². The summed E-state index contributed by atoms with van der Waals surface area (Å²) in [5.41, 5.74) is 7.66. The second kappa shape index (κ2) is 9.86. The van der Waals surface area contributed by atoms with Crippen LogP contribution in [0.5, 0.6) is 0 Å². The topological polar surface area (TPSA) is 16.4 Å². The molecule has 2 nitrogen and oxygen atoms in total. The lowest BCUT2D eigenvalue weighted by atomic mass is 9.97. The van der Waals surface area contributed by atoms with E-state index in [1.165, 1.54) is 38.1 Å². The van der Waals surface area contributed by atoms with E-state index in [0.717, 1.165) is 44.4 Å². The molecule has 44 heavy (non-hydrogen) atoms. The number of furan rings is 1. The Bertz CT molecular complexity index is 2480. The van der Waals surface area contributed by atoms with Crippen molar-refractivity contribution in [2.75, 3.05) is 4.90 Å². The van der Waals surface area contributed by atoms with Crippen molar-refractivity contribution in [1.29, 1.82) is 0 Å². The third-order valence-corrected chi connectivity index (χ3v) is 8.82. The highest BCUT2D eigenvalue weighted by Crippen LogP contribution is 2.41. The van der Waals surface area contributed by atoms with Gasteiger partial charge in [0.05, 0.1) is 0 Å². The third-order valence-electron chi connectivity index (χ3n) is 8.82. The predicted octanol–water partition coefficient (Wildman–Crippen LogP) is 12.2. The van der Waals surface area contributed by atoms with E-state index >= 15 is 0 Å². The van der Waals surface area contributed by atoms with Crippen molar-refractivity contribution in [1.82, 2.24) is 0 Å². The van der Waals surface area contributed by atoms with Crippen LogP contribution < -0.4 is 4.90 Å². The Labute approximate surface area is 255 Å². The molecule has 206 valence electrons. The molecule has 0 aliphatic rings. The number of fused-ring (bicyclic) bond motifs is 8. The molecule has 0 amide bonds. The largest absolute Gasteiger partial charge is 0.455 e. The summed E-state index contributed by atoms with van der Waals surface area (Å²) in [6, 6.07) is 58.5. The van der Waals surface area contributed by atoms with Crippen molar-refractivity contribution < 1.29 is 4.42 Å². The van der Waals surface area contributed by atoms with Gasteiger partial charge in [0.2, 0.25) is 0 Å². The average molecular weight is 562 g/mol. The van der Waals surface area contributed by atoms with E-state index in [2.05, 4.69) is 157 Å². The molecule has 0 saturated heterocycles. The first kappa shape index (κ1) is 24.7. The maximum Gasteiger partial charge on any atom is 0.143 e. The molecule has 2 heteroatoms. The minimum absolute atomic E-state index is 0.922. The van der Waals surface area contributed by atoms with Gasteiger partial charge in [-0.05, 0) is 86.6 Å². The van der Waals surface area contributed by atoms with Crippen LogP contribution in [0.2, 0.25) is 0 Å². The van der Waals surface area contributed by atoms with Gasteiger partial charge in [-0.15, -0.1) is 0 Å². The van der Waals surface area contributed by atoms with E-state index in [1.807, 2.05) is 12.1 Å². The molecule has 0 saturated carbocycles. The summed E-state index contributed by atoms with van der Waals surface area (Å²) in [6.45, 7) is 0. The van der Waals surface area contributed by atoms with Crippen molar-refractivity contribution in [3.8, 4) is 11.1 Å². The second-order valence-corrected chi connectivity index (χ2v) is 11.4. The van der Waals surface area contributed by atoms with Gasteiger partial charge in [-0.3, -0.25) is 0 Å². The molecule has 0 fully saturated rings. The Kier molecular flexibility index (Phi) is 5.54. The number of benzene rings is 8. The summed E-state index contributed by atoms with van der Waals surface area (Å²) in [4.78, 5) is 2.33. The summed E-state index contributed by atoms with van der Waals surface area (Å²) < 4.78 is 6.45. The lowest BCUT2D eigenvalue weighted by Crippen LogP contribution is -2.09. The number of para-hydroxylation sites is 2. The zero-order valence-electron chi connectivity index (χ0n) is 23.9. The van der Waals surface area contributed by atoms with Crippen LogP contribution in [-0.2, 0) is 0 Å².